The lowest BCUT2D eigenvalue weighted by Gasteiger charge is -2.08. The number of amides is 1. The molecule has 0 aliphatic heterocycles. The molecule has 112 valence electrons. The largest absolute Gasteiger partial charge is 0.465 e. The Kier molecular flexibility index (Phi) is 7.44. The molecule has 1 heterocycles. The molecule has 0 aliphatic carbocycles. The predicted molar refractivity (Wildman–Crippen MR) is 75.7 cm³/mol. The van der Waals surface area contributed by atoms with Gasteiger partial charge in [-0.2, -0.15) is 0 Å². The van der Waals surface area contributed by atoms with E-state index in [4.69, 9.17) is 15.2 Å². The molecule has 0 spiro atoms. The first-order valence-electron chi connectivity index (χ1n) is 5.74. The predicted octanol–water partition coefficient (Wildman–Crippen LogP) is 0.106. The SMILES string of the molecule is CCOC(=O)CSc1nnc(NC(=O)C(N)COC)s1. The van der Waals surface area contributed by atoms with E-state index in [0.717, 1.165) is 11.3 Å². The zero-order valence-electron chi connectivity index (χ0n) is 11.1. The average molecular weight is 320 g/mol. The van der Waals surface area contributed by atoms with E-state index < -0.39 is 11.9 Å². The van der Waals surface area contributed by atoms with Crippen molar-refractivity contribution in [3.05, 3.63) is 0 Å². The minimum absolute atomic E-state index is 0.120. The number of carbonyl (C=O) groups excluding carboxylic acids is 2. The number of aromatic nitrogens is 2. The van der Waals surface area contributed by atoms with E-state index in [2.05, 4.69) is 15.5 Å². The summed E-state index contributed by atoms with van der Waals surface area (Å²) in [5.41, 5.74) is 5.57. The Balaban J connectivity index is 2.43. The van der Waals surface area contributed by atoms with Gasteiger partial charge >= 0.3 is 5.97 Å². The van der Waals surface area contributed by atoms with Crippen molar-refractivity contribution in [2.75, 3.05) is 31.4 Å². The number of carbonyl (C=O) groups is 2. The molecule has 20 heavy (non-hydrogen) atoms. The Bertz CT molecular complexity index is 454. The average Bonchev–Trinajstić information content (AvgIpc) is 2.84. The number of thioether (sulfide) groups is 1. The van der Waals surface area contributed by atoms with Crippen LogP contribution in [0.4, 0.5) is 5.13 Å². The zero-order chi connectivity index (χ0) is 15.0. The van der Waals surface area contributed by atoms with E-state index in [9.17, 15) is 9.59 Å². The van der Waals surface area contributed by atoms with Gasteiger partial charge in [-0.25, -0.2) is 0 Å². The van der Waals surface area contributed by atoms with Crippen molar-refractivity contribution >= 4 is 40.1 Å². The van der Waals surface area contributed by atoms with Crippen LogP contribution in [0, 0.1) is 0 Å². The van der Waals surface area contributed by atoms with Crippen LogP contribution in [0.15, 0.2) is 4.34 Å². The van der Waals surface area contributed by atoms with Gasteiger partial charge in [-0.1, -0.05) is 23.1 Å². The maximum absolute atomic E-state index is 11.6. The van der Waals surface area contributed by atoms with Gasteiger partial charge in [-0.3, -0.25) is 14.9 Å². The molecular weight excluding hydrogens is 304 g/mol. The quantitative estimate of drug-likeness (QED) is 0.394. The maximum atomic E-state index is 11.6. The number of hydrogen-bond donors (Lipinski definition) is 2. The molecule has 0 saturated carbocycles. The second-order valence-corrected chi connectivity index (χ2v) is 5.72. The molecule has 0 aromatic carbocycles. The van der Waals surface area contributed by atoms with Gasteiger partial charge in [0.1, 0.15) is 6.04 Å². The van der Waals surface area contributed by atoms with Gasteiger partial charge in [-0.15, -0.1) is 10.2 Å². The van der Waals surface area contributed by atoms with E-state index in [1.54, 1.807) is 6.92 Å². The maximum Gasteiger partial charge on any atom is 0.316 e. The smallest absolute Gasteiger partial charge is 0.316 e. The summed E-state index contributed by atoms with van der Waals surface area (Å²) >= 11 is 2.36. The van der Waals surface area contributed by atoms with Crippen LogP contribution in [0.1, 0.15) is 6.92 Å². The number of nitrogens with one attached hydrogen (secondary N) is 1. The van der Waals surface area contributed by atoms with Gasteiger partial charge in [0, 0.05) is 7.11 Å². The summed E-state index contributed by atoms with van der Waals surface area (Å²) < 4.78 is 10.1. The van der Waals surface area contributed by atoms with Crippen molar-refractivity contribution in [1.82, 2.24) is 10.2 Å². The molecule has 1 atom stereocenters. The fourth-order valence-corrected chi connectivity index (χ4v) is 2.65. The van der Waals surface area contributed by atoms with Gasteiger partial charge in [0.15, 0.2) is 4.34 Å². The molecule has 0 fully saturated rings. The van der Waals surface area contributed by atoms with E-state index in [1.165, 1.54) is 18.9 Å². The van der Waals surface area contributed by atoms with Crippen LogP contribution in [-0.4, -0.2) is 54.2 Å². The molecule has 3 N–H and O–H groups in total. The second-order valence-electron chi connectivity index (χ2n) is 3.52. The topological polar surface area (TPSA) is 116 Å². The number of nitrogens with zero attached hydrogens (tertiary/aromatic N) is 2. The lowest BCUT2D eigenvalue weighted by atomic mass is 10.3. The molecule has 8 nitrogen and oxygen atoms in total. The summed E-state index contributed by atoms with van der Waals surface area (Å²) in [6.07, 6.45) is 0. The Labute approximate surface area is 124 Å². The van der Waals surface area contributed by atoms with Crippen molar-refractivity contribution < 1.29 is 19.1 Å². The van der Waals surface area contributed by atoms with Crippen molar-refractivity contribution in [3.63, 3.8) is 0 Å². The number of nitrogens with two attached hydrogens (primary N) is 1. The Morgan fingerprint density at radius 2 is 2.25 bits per heavy atom. The van der Waals surface area contributed by atoms with Crippen molar-refractivity contribution in [2.24, 2.45) is 5.73 Å². The molecule has 1 unspecified atom stereocenters. The van der Waals surface area contributed by atoms with Crippen LogP contribution >= 0.6 is 23.1 Å². The molecule has 1 aromatic rings. The van der Waals surface area contributed by atoms with E-state index in [0.29, 0.717) is 16.1 Å². The van der Waals surface area contributed by atoms with Crippen LogP contribution in [0.2, 0.25) is 0 Å². The molecule has 10 heteroatoms. The Hall–Kier alpha value is -1.23. The van der Waals surface area contributed by atoms with Gasteiger partial charge < -0.3 is 15.2 Å². The van der Waals surface area contributed by atoms with Crippen LogP contribution in [-0.2, 0) is 19.1 Å². The Morgan fingerprint density at radius 3 is 2.90 bits per heavy atom. The minimum Gasteiger partial charge on any atom is -0.465 e. The van der Waals surface area contributed by atoms with Crippen LogP contribution in [0.25, 0.3) is 0 Å². The zero-order valence-corrected chi connectivity index (χ0v) is 12.8. The summed E-state index contributed by atoms with van der Waals surface area (Å²) in [7, 11) is 1.46. The highest BCUT2D eigenvalue weighted by molar-refractivity contribution is 8.01. The Morgan fingerprint density at radius 1 is 1.50 bits per heavy atom. The fraction of sp³-hybridized carbons (Fsp3) is 0.600. The highest BCUT2D eigenvalue weighted by Gasteiger charge is 2.16. The van der Waals surface area contributed by atoms with Gasteiger partial charge in [0.2, 0.25) is 11.0 Å². The molecule has 0 aliphatic rings. The molecular formula is C10H16N4O4S2. The molecule has 0 saturated heterocycles. The number of methoxy groups -OCH3 is 1. The van der Waals surface area contributed by atoms with E-state index >= 15 is 0 Å². The first-order valence-corrected chi connectivity index (χ1v) is 7.54. The fourth-order valence-electron chi connectivity index (χ4n) is 1.10. The van der Waals surface area contributed by atoms with Gasteiger partial charge in [0.05, 0.1) is 19.0 Å². The highest BCUT2D eigenvalue weighted by atomic mass is 32.2. The minimum atomic E-state index is -0.764. The molecule has 0 radical (unpaired) electrons. The number of rotatable bonds is 8. The van der Waals surface area contributed by atoms with E-state index in [-0.39, 0.29) is 18.3 Å². The third kappa shape index (κ3) is 5.82. The van der Waals surface area contributed by atoms with Crippen molar-refractivity contribution in [3.8, 4) is 0 Å². The first kappa shape index (κ1) is 16.8. The number of hydrogen-bond acceptors (Lipinski definition) is 9. The highest BCUT2D eigenvalue weighted by Crippen LogP contribution is 2.25. The third-order valence-corrected chi connectivity index (χ3v) is 3.88. The standard InChI is InChI=1S/C10H16N4O4S2/c1-3-18-7(15)5-19-10-14-13-9(20-10)12-8(16)6(11)4-17-2/h6H,3-5,11H2,1-2H3,(H,12,13,16). The van der Waals surface area contributed by atoms with Crippen LogP contribution in [0.3, 0.4) is 0 Å². The van der Waals surface area contributed by atoms with E-state index in [1.807, 2.05) is 0 Å². The molecule has 1 amide bonds. The summed E-state index contributed by atoms with van der Waals surface area (Å²) in [4.78, 5) is 22.8. The normalized spacial score (nSPS) is 11.9. The number of ether oxygens (including phenoxy) is 2. The van der Waals surface area contributed by atoms with Gasteiger partial charge in [-0.05, 0) is 6.92 Å². The molecule has 1 rings (SSSR count). The monoisotopic (exact) mass is 320 g/mol. The van der Waals surface area contributed by atoms with Crippen LogP contribution in [0.5, 0.6) is 0 Å². The number of esters is 1. The second kappa shape index (κ2) is 8.84. The number of anilines is 1. The lowest BCUT2D eigenvalue weighted by molar-refractivity contribution is -0.139. The van der Waals surface area contributed by atoms with Crippen molar-refractivity contribution in [1.29, 1.82) is 0 Å². The van der Waals surface area contributed by atoms with Gasteiger partial charge in [0.25, 0.3) is 0 Å². The summed E-state index contributed by atoms with van der Waals surface area (Å²) in [5.74, 6) is -0.565. The third-order valence-electron chi connectivity index (χ3n) is 1.94. The summed E-state index contributed by atoms with van der Waals surface area (Å²) in [6.45, 7) is 2.20. The first-order chi connectivity index (χ1) is 9.56. The molecule has 1 aromatic heterocycles. The lowest BCUT2D eigenvalue weighted by Crippen LogP contribution is -2.39. The van der Waals surface area contributed by atoms with Crippen molar-refractivity contribution in [2.45, 2.75) is 17.3 Å². The molecule has 0 bridgehead atoms. The summed E-state index contributed by atoms with van der Waals surface area (Å²) in [6, 6.07) is -0.764. The van der Waals surface area contributed by atoms with Crippen LogP contribution < -0.4 is 11.1 Å². The summed E-state index contributed by atoms with van der Waals surface area (Å²) in [5, 5.41) is 10.5.